The first-order chi connectivity index (χ1) is 20.0. The number of fused-ring (bicyclic) bond motifs is 2. The van der Waals surface area contributed by atoms with Crippen LogP contribution in [0.1, 0.15) is 85.9 Å². The Bertz CT molecular complexity index is 1270. The molecule has 42 heavy (non-hydrogen) atoms. The third-order valence-electron chi connectivity index (χ3n) is 8.08. The lowest BCUT2D eigenvalue weighted by Gasteiger charge is -2.36. The molecule has 0 spiro atoms. The molecule has 0 fully saturated rings. The predicted molar refractivity (Wildman–Crippen MR) is 158 cm³/mol. The maximum Gasteiger partial charge on any atom is 0.266 e. The normalized spacial score (nSPS) is 21.9. The first-order valence-corrected chi connectivity index (χ1v) is 14.6. The fraction of sp³-hybridized carbons (Fsp3) is 0.500. The van der Waals surface area contributed by atoms with E-state index < -0.39 is 34.6 Å². The molecule has 0 aromatic heterocycles. The van der Waals surface area contributed by atoms with Gasteiger partial charge in [0.1, 0.15) is 11.5 Å². The fourth-order valence-electron chi connectivity index (χ4n) is 5.46. The van der Waals surface area contributed by atoms with Crippen molar-refractivity contribution in [3.8, 4) is 11.5 Å². The number of amides is 2. The van der Waals surface area contributed by atoms with Crippen LogP contribution in [0, 0.1) is 0 Å². The van der Waals surface area contributed by atoms with Gasteiger partial charge in [0.05, 0.1) is 24.6 Å². The smallest absolute Gasteiger partial charge is 0.266 e. The molecule has 2 aliphatic heterocycles. The summed E-state index contributed by atoms with van der Waals surface area (Å²) in [5.41, 5.74) is -2.73. The van der Waals surface area contributed by atoms with Crippen LogP contribution in [0.3, 0.4) is 0 Å². The molecule has 0 aliphatic carbocycles. The van der Waals surface area contributed by atoms with Crippen molar-refractivity contribution >= 4 is 34.8 Å². The summed E-state index contributed by atoms with van der Waals surface area (Å²) in [5, 5.41) is 21.9. The first-order valence-electron chi connectivity index (χ1n) is 14.6. The second-order valence-electron chi connectivity index (χ2n) is 11.1. The number of likely N-dealkylation sites (N-methyl/N-ethyl adjacent to an activating group) is 2. The molecule has 0 bridgehead atoms. The monoisotopic (exact) mass is 580 g/mol. The highest BCUT2D eigenvalue weighted by atomic mass is 16.5. The summed E-state index contributed by atoms with van der Waals surface area (Å²) in [6.45, 7) is 4.57. The van der Waals surface area contributed by atoms with Gasteiger partial charge < -0.3 is 29.5 Å². The molecule has 2 amide bonds. The number of carbonyl (C=O) groups is 4. The van der Waals surface area contributed by atoms with E-state index in [-0.39, 0.29) is 24.0 Å². The third-order valence-corrected chi connectivity index (χ3v) is 8.08. The lowest BCUT2D eigenvalue weighted by atomic mass is 9.82. The molecule has 2 heterocycles. The van der Waals surface area contributed by atoms with E-state index in [1.54, 1.807) is 50.5 Å². The number of hydrogen-bond acceptors (Lipinski definition) is 8. The van der Waals surface area contributed by atoms with Gasteiger partial charge in [-0.3, -0.25) is 19.2 Å². The van der Waals surface area contributed by atoms with E-state index in [9.17, 15) is 29.4 Å². The SMILES string of the molecule is CCCCC1(O)C(=O)c2cc(OCCCCOc3ccc4c(c3)C(=O)C(O)(CCCC)C(=O)N4C)ccc2N(C)C1=O. The lowest BCUT2D eigenvalue weighted by molar-refractivity contribution is -0.133. The zero-order valence-electron chi connectivity index (χ0n) is 24.8. The van der Waals surface area contributed by atoms with Crippen LogP contribution in [-0.2, 0) is 9.59 Å². The Labute approximate surface area is 246 Å². The molecule has 2 N–H and O–H groups in total. The van der Waals surface area contributed by atoms with Crippen LogP contribution in [0.2, 0.25) is 0 Å². The molecule has 2 aromatic rings. The van der Waals surface area contributed by atoms with E-state index in [0.717, 1.165) is 12.8 Å². The molecule has 0 saturated heterocycles. The fourth-order valence-corrected chi connectivity index (χ4v) is 5.46. The van der Waals surface area contributed by atoms with Gasteiger partial charge in [-0.2, -0.15) is 0 Å². The second kappa shape index (κ2) is 12.6. The first kappa shape index (κ1) is 31.2. The van der Waals surface area contributed by atoms with Gasteiger partial charge in [-0.1, -0.05) is 26.7 Å². The Morgan fingerprint density at radius 3 is 1.38 bits per heavy atom. The van der Waals surface area contributed by atoms with E-state index in [4.69, 9.17) is 9.47 Å². The Morgan fingerprint density at radius 1 is 0.643 bits per heavy atom. The topological polar surface area (TPSA) is 134 Å². The molecule has 226 valence electrons. The van der Waals surface area contributed by atoms with Gasteiger partial charge in [-0.25, -0.2) is 0 Å². The third kappa shape index (κ3) is 5.65. The van der Waals surface area contributed by atoms with Gasteiger partial charge in [-0.05, 0) is 74.9 Å². The van der Waals surface area contributed by atoms with Crippen molar-refractivity contribution in [2.45, 2.75) is 76.4 Å². The van der Waals surface area contributed by atoms with Gasteiger partial charge in [0, 0.05) is 25.2 Å². The van der Waals surface area contributed by atoms with Crippen molar-refractivity contribution in [2.75, 3.05) is 37.1 Å². The average Bonchev–Trinajstić information content (AvgIpc) is 3.00. The standard InChI is InChI=1S/C32H40N2O8/c1-5-7-15-31(39)27(35)23-19-21(11-13-25(23)33(3)29(31)37)41-17-9-10-18-42-22-12-14-26-24(20-22)28(36)32(40,16-8-6-2)30(38)34(26)4/h11-14,19-20,39-40H,5-10,15-18H2,1-4H3. The minimum Gasteiger partial charge on any atom is -0.494 e. The summed E-state index contributed by atoms with van der Waals surface area (Å²) in [6, 6.07) is 9.82. The maximum absolute atomic E-state index is 13.1. The minimum atomic E-state index is -2.06. The van der Waals surface area contributed by atoms with Crippen molar-refractivity contribution in [2.24, 2.45) is 0 Å². The number of ketones is 2. The van der Waals surface area contributed by atoms with Crippen LogP contribution >= 0.6 is 0 Å². The second-order valence-corrected chi connectivity index (χ2v) is 11.1. The molecule has 0 saturated carbocycles. The van der Waals surface area contributed by atoms with Crippen molar-refractivity contribution in [3.05, 3.63) is 47.5 Å². The van der Waals surface area contributed by atoms with Crippen LogP contribution in [0.4, 0.5) is 11.4 Å². The number of unbranched alkanes of at least 4 members (excludes halogenated alkanes) is 3. The molecule has 4 rings (SSSR count). The van der Waals surface area contributed by atoms with Gasteiger partial charge in [-0.15, -0.1) is 0 Å². The van der Waals surface area contributed by atoms with Gasteiger partial charge in [0.15, 0.2) is 0 Å². The van der Waals surface area contributed by atoms with E-state index in [1.165, 1.54) is 9.80 Å². The van der Waals surface area contributed by atoms with Crippen molar-refractivity contribution in [1.82, 2.24) is 0 Å². The average molecular weight is 581 g/mol. The van der Waals surface area contributed by atoms with Crippen LogP contribution in [-0.4, -0.2) is 72.1 Å². The Hall–Kier alpha value is -3.76. The summed E-state index contributed by atoms with van der Waals surface area (Å²) < 4.78 is 11.7. The summed E-state index contributed by atoms with van der Waals surface area (Å²) in [7, 11) is 3.10. The molecule has 2 atom stereocenters. The van der Waals surface area contributed by atoms with Gasteiger partial charge in [0.25, 0.3) is 11.8 Å². The molecule has 2 aromatic carbocycles. The van der Waals surface area contributed by atoms with Crippen molar-refractivity contribution in [3.63, 3.8) is 0 Å². The maximum atomic E-state index is 13.1. The van der Waals surface area contributed by atoms with Crippen molar-refractivity contribution in [1.29, 1.82) is 0 Å². The summed E-state index contributed by atoms with van der Waals surface area (Å²) >= 11 is 0. The number of benzene rings is 2. The number of nitrogens with zero attached hydrogens (tertiary/aromatic N) is 2. The molecule has 0 radical (unpaired) electrons. The van der Waals surface area contributed by atoms with E-state index >= 15 is 0 Å². The number of hydrogen-bond donors (Lipinski definition) is 2. The lowest BCUT2D eigenvalue weighted by Crippen LogP contribution is -2.57. The Balaban J connectivity index is 1.32. The van der Waals surface area contributed by atoms with Gasteiger partial charge in [0.2, 0.25) is 22.8 Å². The highest BCUT2D eigenvalue weighted by molar-refractivity contribution is 6.27. The highest BCUT2D eigenvalue weighted by Gasteiger charge is 2.51. The van der Waals surface area contributed by atoms with E-state index in [2.05, 4.69) is 0 Å². The van der Waals surface area contributed by atoms with E-state index in [1.807, 2.05) is 13.8 Å². The molecular formula is C32H40N2O8. The number of carbonyl (C=O) groups excluding carboxylic acids is 4. The molecule has 2 aliphatic rings. The minimum absolute atomic E-state index is 0.0724. The van der Waals surface area contributed by atoms with Crippen LogP contribution in [0.5, 0.6) is 11.5 Å². The number of rotatable bonds is 13. The number of Topliss-reactive ketones (excluding diaryl/α,β-unsaturated/α-hetero) is 2. The largest absolute Gasteiger partial charge is 0.494 e. The molecule has 2 unspecified atom stereocenters. The number of aliphatic hydroxyl groups is 2. The molecular weight excluding hydrogens is 540 g/mol. The number of anilines is 2. The zero-order chi connectivity index (χ0) is 30.7. The summed E-state index contributed by atoms with van der Waals surface area (Å²) in [6.07, 6.45) is 4.02. The van der Waals surface area contributed by atoms with Crippen LogP contribution < -0.4 is 19.3 Å². The summed E-state index contributed by atoms with van der Waals surface area (Å²) in [5.74, 6) is -1.50. The summed E-state index contributed by atoms with van der Waals surface area (Å²) in [4.78, 5) is 54.3. The van der Waals surface area contributed by atoms with E-state index in [0.29, 0.717) is 61.8 Å². The highest BCUT2D eigenvalue weighted by Crippen LogP contribution is 2.38. The Morgan fingerprint density at radius 2 is 1.02 bits per heavy atom. The predicted octanol–water partition coefficient (Wildman–Crippen LogP) is 4.09. The van der Waals surface area contributed by atoms with Crippen molar-refractivity contribution < 1.29 is 38.9 Å². The Kier molecular flexibility index (Phi) is 9.37. The van der Waals surface area contributed by atoms with Gasteiger partial charge >= 0.3 is 0 Å². The zero-order valence-corrected chi connectivity index (χ0v) is 24.8. The quantitative estimate of drug-likeness (QED) is 0.267. The molecule has 10 nitrogen and oxygen atoms in total. The molecule has 10 heteroatoms. The van der Waals surface area contributed by atoms with Crippen LogP contribution in [0.25, 0.3) is 0 Å². The number of ether oxygens (including phenoxy) is 2. The van der Waals surface area contributed by atoms with Crippen LogP contribution in [0.15, 0.2) is 36.4 Å².